The first kappa shape index (κ1) is 15.5. The minimum absolute atomic E-state index is 0.163. The van der Waals surface area contributed by atoms with E-state index in [0.29, 0.717) is 16.8 Å². The Balaban J connectivity index is 2.87. The molecule has 0 saturated heterocycles. The van der Waals surface area contributed by atoms with Gasteiger partial charge in [0.05, 0.1) is 7.11 Å². The van der Waals surface area contributed by atoms with Crippen LogP contribution in [-0.4, -0.2) is 22.1 Å². The molecule has 0 aliphatic heterocycles. The molecular formula is C12H18BrNO3S. The molecule has 1 aromatic carbocycles. The SMILES string of the molecule is CCCCCNS(=O)(=O)c1cc(Br)ccc1OC. The number of hydrogen-bond acceptors (Lipinski definition) is 3. The molecule has 0 saturated carbocycles. The summed E-state index contributed by atoms with van der Waals surface area (Å²) >= 11 is 3.26. The highest BCUT2D eigenvalue weighted by Crippen LogP contribution is 2.26. The first-order valence-corrected chi connectivity index (χ1v) is 8.12. The second-order valence-electron chi connectivity index (χ2n) is 3.90. The second kappa shape index (κ2) is 7.11. The van der Waals surface area contributed by atoms with Gasteiger partial charge < -0.3 is 4.74 Å². The third-order valence-corrected chi connectivity index (χ3v) is 4.46. The van der Waals surface area contributed by atoms with Crippen molar-refractivity contribution in [3.8, 4) is 5.75 Å². The van der Waals surface area contributed by atoms with Gasteiger partial charge in [0.1, 0.15) is 10.6 Å². The number of benzene rings is 1. The number of unbranched alkanes of at least 4 members (excludes halogenated alkanes) is 2. The van der Waals surface area contributed by atoms with Crippen molar-refractivity contribution in [1.82, 2.24) is 4.72 Å². The lowest BCUT2D eigenvalue weighted by molar-refractivity contribution is 0.402. The van der Waals surface area contributed by atoms with E-state index in [1.54, 1.807) is 18.2 Å². The molecule has 0 aliphatic rings. The van der Waals surface area contributed by atoms with Gasteiger partial charge in [-0.25, -0.2) is 13.1 Å². The standard InChI is InChI=1S/C12H18BrNO3S/c1-3-4-5-8-14-18(15,16)12-9-10(13)6-7-11(12)17-2/h6-7,9,14H,3-5,8H2,1-2H3. The fourth-order valence-corrected chi connectivity index (χ4v) is 3.30. The zero-order valence-corrected chi connectivity index (χ0v) is 13.0. The first-order valence-electron chi connectivity index (χ1n) is 5.84. The van der Waals surface area contributed by atoms with Gasteiger partial charge in [-0.05, 0) is 24.6 Å². The van der Waals surface area contributed by atoms with Gasteiger partial charge in [-0.2, -0.15) is 0 Å². The summed E-state index contributed by atoms with van der Waals surface area (Å²) in [4.78, 5) is 0.163. The van der Waals surface area contributed by atoms with Crippen LogP contribution in [0.2, 0.25) is 0 Å². The number of hydrogen-bond donors (Lipinski definition) is 1. The summed E-state index contributed by atoms with van der Waals surface area (Å²) in [5.41, 5.74) is 0. The lowest BCUT2D eigenvalue weighted by atomic mass is 10.3. The zero-order chi connectivity index (χ0) is 13.6. The Hall–Kier alpha value is -0.590. The molecule has 1 rings (SSSR count). The van der Waals surface area contributed by atoms with Crippen molar-refractivity contribution < 1.29 is 13.2 Å². The van der Waals surface area contributed by atoms with E-state index in [0.717, 1.165) is 19.3 Å². The molecule has 0 amide bonds. The smallest absolute Gasteiger partial charge is 0.244 e. The van der Waals surface area contributed by atoms with E-state index < -0.39 is 10.0 Å². The van der Waals surface area contributed by atoms with Gasteiger partial charge in [-0.1, -0.05) is 35.7 Å². The van der Waals surface area contributed by atoms with E-state index in [1.807, 2.05) is 0 Å². The molecular weight excluding hydrogens is 318 g/mol. The molecule has 0 heterocycles. The third kappa shape index (κ3) is 4.26. The number of halogens is 1. The Kier molecular flexibility index (Phi) is 6.11. The van der Waals surface area contributed by atoms with Gasteiger partial charge in [0, 0.05) is 11.0 Å². The molecule has 0 unspecified atom stereocenters. The Bertz CT molecular complexity index is 488. The lowest BCUT2D eigenvalue weighted by Gasteiger charge is -2.11. The maximum Gasteiger partial charge on any atom is 0.244 e. The van der Waals surface area contributed by atoms with Crippen molar-refractivity contribution in [3.05, 3.63) is 22.7 Å². The van der Waals surface area contributed by atoms with Crippen LogP contribution in [-0.2, 0) is 10.0 Å². The molecule has 1 aromatic rings. The van der Waals surface area contributed by atoms with Crippen molar-refractivity contribution in [2.75, 3.05) is 13.7 Å². The van der Waals surface area contributed by atoms with Crippen LogP contribution in [0.3, 0.4) is 0 Å². The van der Waals surface area contributed by atoms with E-state index >= 15 is 0 Å². The van der Waals surface area contributed by atoms with Gasteiger partial charge in [-0.15, -0.1) is 0 Å². The molecule has 4 nitrogen and oxygen atoms in total. The molecule has 1 N–H and O–H groups in total. The average Bonchev–Trinajstić information content (AvgIpc) is 2.35. The largest absolute Gasteiger partial charge is 0.495 e. The second-order valence-corrected chi connectivity index (χ2v) is 6.55. The molecule has 102 valence electrons. The van der Waals surface area contributed by atoms with Crippen LogP contribution < -0.4 is 9.46 Å². The number of nitrogens with one attached hydrogen (secondary N) is 1. The van der Waals surface area contributed by atoms with E-state index in [1.165, 1.54) is 7.11 Å². The summed E-state index contributed by atoms with van der Waals surface area (Å²) in [6.07, 6.45) is 2.91. The summed E-state index contributed by atoms with van der Waals surface area (Å²) in [6, 6.07) is 4.92. The summed E-state index contributed by atoms with van der Waals surface area (Å²) in [6.45, 7) is 2.53. The molecule has 0 atom stereocenters. The van der Waals surface area contributed by atoms with Crippen LogP contribution in [0, 0.1) is 0 Å². The highest BCUT2D eigenvalue weighted by Gasteiger charge is 2.19. The van der Waals surface area contributed by atoms with Crippen molar-refractivity contribution >= 4 is 26.0 Å². The van der Waals surface area contributed by atoms with Crippen LogP contribution in [0.4, 0.5) is 0 Å². The van der Waals surface area contributed by atoms with Gasteiger partial charge in [0.2, 0.25) is 10.0 Å². The molecule has 0 aliphatic carbocycles. The summed E-state index contributed by atoms with van der Waals surface area (Å²) in [5.74, 6) is 0.348. The first-order chi connectivity index (χ1) is 8.51. The van der Waals surface area contributed by atoms with Crippen LogP contribution in [0.15, 0.2) is 27.6 Å². The fourth-order valence-electron chi connectivity index (χ4n) is 1.52. The Labute approximate surface area is 117 Å². The topological polar surface area (TPSA) is 55.4 Å². The fraction of sp³-hybridized carbons (Fsp3) is 0.500. The Morgan fingerprint density at radius 2 is 2.06 bits per heavy atom. The van der Waals surface area contributed by atoms with Crippen LogP contribution in [0.25, 0.3) is 0 Å². The highest BCUT2D eigenvalue weighted by atomic mass is 79.9. The predicted octanol–water partition coefficient (Wildman–Crippen LogP) is 2.93. The minimum atomic E-state index is -3.51. The third-order valence-electron chi connectivity index (χ3n) is 2.49. The van der Waals surface area contributed by atoms with Gasteiger partial charge in [-0.3, -0.25) is 0 Å². The predicted molar refractivity (Wildman–Crippen MR) is 75.4 cm³/mol. The number of rotatable bonds is 7. The molecule has 0 aromatic heterocycles. The van der Waals surface area contributed by atoms with Crippen molar-refractivity contribution in [1.29, 1.82) is 0 Å². The van der Waals surface area contributed by atoms with Crippen LogP contribution in [0.1, 0.15) is 26.2 Å². The van der Waals surface area contributed by atoms with Gasteiger partial charge in [0.15, 0.2) is 0 Å². The maximum absolute atomic E-state index is 12.1. The number of ether oxygens (including phenoxy) is 1. The maximum atomic E-state index is 12.1. The Morgan fingerprint density at radius 3 is 2.67 bits per heavy atom. The van der Waals surface area contributed by atoms with Crippen molar-refractivity contribution in [2.45, 2.75) is 31.1 Å². The highest BCUT2D eigenvalue weighted by molar-refractivity contribution is 9.10. The minimum Gasteiger partial charge on any atom is -0.495 e. The van der Waals surface area contributed by atoms with E-state index in [9.17, 15) is 8.42 Å². The molecule has 0 fully saturated rings. The number of sulfonamides is 1. The summed E-state index contributed by atoms with van der Waals surface area (Å²) in [5, 5.41) is 0. The van der Waals surface area contributed by atoms with E-state index in [-0.39, 0.29) is 4.90 Å². The van der Waals surface area contributed by atoms with Crippen molar-refractivity contribution in [2.24, 2.45) is 0 Å². The zero-order valence-electron chi connectivity index (χ0n) is 10.6. The van der Waals surface area contributed by atoms with Crippen LogP contribution >= 0.6 is 15.9 Å². The monoisotopic (exact) mass is 335 g/mol. The molecule has 0 bridgehead atoms. The lowest BCUT2D eigenvalue weighted by Crippen LogP contribution is -2.25. The van der Waals surface area contributed by atoms with E-state index in [4.69, 9.17) is 4.74 Å². The molecule has 0 spiro atoms. The normalized spacial score (nSPS) is 11.5. The van der Waals surface area contributed by atoms with Crippen molar-refractivity contribution in [3.63, 3.8) is 0 Å². The van der Waals surface area contributed by atoms with Gasteiger partial charge >= 0.3 is 0 Å². The van der Waals surface area contributed by atoms with Gasteiger partial charge in [0.25, 0.3) is 0 Å². The molecule has 0 radical (unpaired) electrons. The summed E-state index contributed by atoms with van der Waals surface area (Å²) in [7, 11) is -2.05. The Morgan fingerprint density at radius 1 is 1.33 bits per heavy atom. The quantitative estimate of drug-likeness (QED) is 0.779. The summed E-state index contributed by atoms with van der Waals surface area (Å²) < 4.78 is 32.6. The van der Waals surface area contributed by atoms with Crippen LogP contribution in [0.5, 0.6) is 5.75 Å². The molecule has 18 heavy (non-hydrogen) atoms. The average molecular weight is 336 g/mol. The molecule has 6 heteroatoms. The number of methoxy groups -OCH3 is 1. The van der Waals surface area contributed by atoms with E-state index in [2.05, 4.69) is 27.6 Å².